The monoisotopic (exact) mass is 270 g/mol. The molecule has 0 fully saturated rings. The van der Waals surface area contributed by atoms with Gasteiger partial charge in [-0.1, -0.05) is 44.4 Å². The Hall–Kier alpha value is -1.27. The normalized spacial score (nSPS) is 12.1. The Morgan fingerprint density at radius 3 is 2.56 bits per heavy atom. The van der Waals surface area contributed by atoms with Crippen LogP contribution >= 0.6 is 0 Å². The standard InChI is InChI=1S/C12H18N2O3S/c1-2-3-4-5-8-11-9-6-7-10-12(11)13-14-18(15,16)17/h6-7,9-10H,2-5,8H2,1H3,(H,15,16,17). The summed E-state index contributed by atoms with van der Waals surface area (Å²) in [6.07, 6.45) is 5.37. The Morgan fingerprint density at radius 1 is 1.17 bits per heavy atom. The summed E-state index contributed by atoms with van der Waals surface area (Å²) in [7, 11) is -4.41. The van der Waals surface area contributed by atoms with Gasteiger partial charge in [0.25, 0.3) is 0 Å². The van der Waals surface area contributed by atoms with Crippen molar-refractivity contribution in [1.29, 1.82) is 0 Å². The Labute approximate surface area is 108 Å². The minimum Gasteiger partial charge on any atom is -0.267 e. The van der Waals surface area contributed by atoms with Crippen molar-refractivity contribution in [2.24, 2.45) is 9.63 Å². The molecule has 0 spiro atoms. The van der Waals surface area contributed by atoms with Crippen LogP contribution in [0.3, 0.4) is 0 Å². The predicted octanol–water partition coefficient (Wildman–Crippen LogP) is 3.70. The van der Waals surface area contributed by atoms with Gasteiger partial charge in [0.2, 0.25) is 0 Å². The number of rotatable bonds is 7. The third-order valence-corrected chi connectivity index (χ3v) is 2.83. The summed E-state index contributed by atoms with van der Waals surface area (Å²) < 4.78 is 32.4. The highest BCUT2D eigenvalue weighted by atomic mass is 32.2. The number of nitrogens with zero attached hydrogens (tertiary/aromatic N) is 2. The summed E-state index contributed by atoms with van der Waals surface area (Å²) in [4.78, 5) is 0. The molecule has 0 atom stereocenters. The van der Waals surface area contributed by atoms with E-state index in [0.717, 1.165) is 24.8 Å². The van der Waals surface area contributed by atoms with E-state index in [-0.39, 0.29) is 0 Å². The van der Waals surface area contributed by atoms with Crippen LogP contribution in [0.2, 0.25) is 0 Å². The molecule has 0 heterocycles. The fourth-order valence-corrected chi connectivity index (χ4v) is 1.85. The molecule has 0 aliphatic heterocycles. The van der Waals surface area contributed by atoms with Crippen LogP contribution in [-0.4, -0.2) is 13.0 Å². The van der Waals surface area contributed by atoms with E-state index in [1.165, 1.54) is 12.8 Å². The lowest BCUT2D eigenvalue weighted by Crippen LogP contribution is -1.90. The maximum atomic E-state index is 10.5. The van der Waals surface area contributed by atoms with Crippen LogP contribution in [0.15, 0.2) is 33.9 Å². The molecular formula is C12H18N2O3S. The zero-order chi connectivity index (χ0) is 13.4. The van der Waals surface area contributed by atoms with Gasteiger partial charge in [-0.05, 0) is 29.0 Å². The molecule has 0 aromatic heterocycles. The van der Waals surface area contributed by atoms with Crippen LogP contribution in [0, 0.1) is 0 Å². The van der Waals surface area contributed by atoms with Crippen molar-refractivity contribution in [3.8, 4) is 0 Å². The molecule has 0 radical (unpaired) electrons. The smallest absolute Gasteiger partial charge is 0.267 e. The summed E-state index contributed by atoms with van der Waals surface area (Å²) in [5, 5.41) is 3.56. The van der Waals surface area contributed by atoms with Crippen molar-refractivity contribution in [2.45, 2.75) is 39.0 Å². The molecule has 1 rings (SSSR count). The van der Waals surface area contributed by atoms with E-state index in [4.69, 9.17) is 4.55 Å². The zero-order valence-corrected chi connectivity index (χ0v) is 11.2. The molecule has 1 aromatic carbocycles. The molecule has 1 N–H and O–H groups in total. The number of hydrogen-bond acceptors (Lipinski definition) is 3. The lowest BCUT2D eigenvalue weighted by Gasteiger charge is -2.03. The number of aryl methyl sites for hydroxylation is 1. The molecular weight excluding hydrogens is 252 g/mol. The number of hydrogen-bond donors (Lipinski definition) is 1. The van der Waals surface area contributed by atoms with Crippen molar-refractivity contribution in [3.63, 3.8) is 0 Å². The van der Waals surface area contributed by atoms with Crippen LogP contribution in [0.5, 0.6) is 0 Å². The second-order valence-electron chi connectivity index (χ2n) is 4.07. The molecule has 0 aliphatic rings. The Morgan fingerprint density at radius 2 is 1.89 bits per heavy atom. The van der Waals surface area contributed by atoms with Crippen LogP contribution < -0.4 is 0 Å². The first-order valence-electron chi connectivity index (χ1n) is 6.01. The summed E-state index contributed by atoms with van der Waals surface area (Å²) >= 11 is 0. The van der Waals surface area contributed by atoms with Crippen LogP contribution in [0.1, 0.15) is 38.2 Å². The van der Waals surface area contributed by atoms with Crippen molar-refractivity contribution in [1.82, 2.24) is 0 Å². The fraction of sp³-hybridized carbons (Fsp3) is 0.500. The van der Waals surface area contributed by atoms with Gasteiger partial charge in [0, 0.05) is 0 Å². The highest BCUT2D eigenvalue weighted by molar-refractivity contribution is 7.84. The predicted molar refractivity (Wildman–Crippen MR) is 70.4 cm³/mol. The lowest BCUT2D eigenvalue weighted by atomic mass is 10.0. The maximum absolute atomic E-state index is 10.5. The first kappa shape index (κ1) is 14.8. The van der Waals surface area contributed by atoms with E-state index in [1.807, 2.05) is 12.1 Å². The van der Waals surface area contributed by atoms with Gasteiger partial charge in [0.05, 0.1) is 5.69 Å². The third-order valence-electron chi connectivity index (χ3n) is 2.54. The Bertz CT molecular complexity index is 498. The molecule has 100 valence electrons. The second-order valence-corrected chi connectivity index (χ2v) is 5.13. The number of unbranched alkanes of at least 4 members (excludes halogenated alkanes) is 3. The molecule has 1 aromatic rings. The molecule has 0 saturated carbocycles. The summed E-state index contributed by atoms with van der Waals surface area (Å²) in [6.45, 7) is 2.15. The van der Waals surface area contributed by atoms with E-state index >= 15 is 0 Å². The molecule has 0 unspecified atom stereocenters. The second kappa shape index (κ2) is 7.23. The lowest BCUT2D eigenvalue weighted by molar-refractivity contribution is 0.482. The van der Waals surface area contributed by atoms with Crippen molar-refractivity contribution >= 4 is 16.0 Å². The van der Waals surface area contributed by atoms with Crippen LogP contribution in [0.25, 0.3) is 0 Å². The minimum absolute atomic E-state index is 0.492. The molecule has 0 aliphatic carbocycles. The topological polar surface area (TPSA) is 79.1 Å². The Balaban J connectivity index is 2.71. The largest absolute Gasteiger partial charge is 0.396 e. The quantitative estimate of drug-likeness (QED) is 0.466. The van der Waals surface area contributed by atoms with Crippen LogP contribution in [-0.2, 0) is 16.7 Å². The van der Waals surface area contributed by atoms with Gasteiger partial charge in [0.15, 0.2) is 0 Å². The van der Waals surface area contributed by atoms with E-state index < -0.39 is 10.3 Å². The zero-order valence-electron chi connectivity index (χ0n) is 10.4. The highest BCUT2D eigenvalue weighted by Crippen LogP contribution is 2.21. The maximum Gasteiger partial charge on any atom is 0.396 e. The molecule has 5 nitrogen and oxygen atoms in total. The van der Waals surface area contributed by atoms with E-state index in [9.17, 15) is 8.42 Å². The van der Waals surface area contributed by atoms with E-state index in [2.05, 4.69) is 16.6 Å². The van der Waals surface area contributed by atoms with Crippen molar-refractivity contribution < 1.29 is 13.0 Å². The van der Waals surface area contributed by atoms with Crippen molar-refractivity contribution in [3.05, 3.63) is 29.8 Å². The number of benzene rings is 1. The van der Waals surface area contributed by atoms with Gasteiger partial charge in [-0.2, -0.15) is 8.42 Å². The molecule has 6 heteroatoms. The van der Waals surface area contributed by atoms with Gasteiger partial charge >= 0.3 is 10.3 Å². The first-order valence-corrected chi connectivity index (χ1v) is 7.41. The molecule has 0 amide bonds. The van der Waals surface area contributed by atoms with Gasteiger partial charge in [-0.15, -0.1) is 5.11 Å². The van der Waals surface area contributed by atoms with Gasteiger partial charge in [0.1, 0.15) is 0 Å². The SMILES string of the molecule is CCCCCCc1ccccc1N=NS(=O)(=O)O. The summed E-state index contributed by atoms with van der Waals surface area (Å²) in [5.41, 5.74) is 1.44. The van der Waals surface area contributed by atoms with E-state index in [1.54, 1.807) is 12.1 Å². The third kappa shape index (κ3) is 5.88. The summed E-state index contributed by atoms with van der Waals surface area (Å²) in [6, 6.07) is 7.21. The minimum atomic E-state index is -4.41. The Kier molecular flexibility index (Phi) is 5.94. The highest BCUT2D eigenvalue weighted by Gasteiger charge is 2.03. The van der Waals surface area contributed by atoms with Crippen LogP contribution in [0.4, 0.5) is 5.69 Å². The van der Waals surface area contributed by atoms with Gasteiger partial charge < -0.3 is 0 Å². The van der Waals surface area contributed by atoms with Crippen molar-refractivity contribution in [2.75, 3.05) is 0 Å². The molecule has 18 heavy (non-hydrogen) atoms. The molecule has 0 saturated heterocycles. The van der Waals surface area contributed by atoms with Gasteiger partial charge in [-0.25, -0.2) is 0 Å². The van der Waals surface area contributed by atoms with E-state index in [0.29, 0.717) is 5.69 Å². The first-order chi connectivity index (χ1) is 8.53. The average Bonchev–Trinajstić information content (AvgIpc) is 2.32. The summed E-state index contributed by atoms with van der Waals surface area (Å²) in [5.74, 6) is 0. The van der Waals surface area contributed by atoms with Gasteiger partial charge in [-0.3, -0.25) is 4.55 Å². The molecule has 0 bridgehead atoms. The average molecular weight is 270 g/mol. The fourth-order valence-electron chi connectivity index (χ4n) is 1.66.